The van der Waals surface area contributed by atoms with Crippen molar-refractivity contribution in [3.8, 4) is 0 Å². The molecular formula is C21H31N3O4. The molecule has 0 unspecified atom stereocenters. The van der Waals surface area contributed by atoms with E-state index in [0.717, 1.165) is 5.69 Å². The van der Waals surface area contributed by atoms with Gasteiger partial charge in [0.15, 0.2) is 0 Å². The van der Waals surface area contributed by atoms with Crippen LogP contribution in [0.15, 0.2) is 24.3 Å². The Balaban J connectivity index is 1.84. The van der Waals surface area contributed by atoms with Gasteiger partial charge in [0, 0.05) is 29.9 Å². The monoisotopic (exact) mass is 389 g/mol. The molecule has 1 aromatic carbocycles. The minimum absolute atomic E-state index is 0.0214. The van der Waals surface area contributed by atoms with Crippen LogP contribution in [-0.2, 0) is 14.3 Å². The molecule has 2 rings (SSSR count). The highest BCUT2D eigenvalue weighted by atomic mass is 16.5. The van der Waals surface area contributed by atoms with Crippen LogP contribution in [0.25, 0.3) is 0 Å². The topological polar surface area (TPSA) is 87.7 Å². The van der Waals surface area contributed by atoms with Crippen LogP contribution in [0.5, 0.6) is 0 Å². The molecule has 7 heteroatoms. The van der Waals surface area contributed by atoms with Gasteiger partial charge in [-0.05, 0) is 58.7 Å². The van der Waals surface area contributed by atoms with Crippen molar-refractivity contribution in [1.29, 1.82) is 0 Å². The van der Waals surface area contributed by atoms with Gasteiger partial charge in [-0.3, -0.25) is 14.4 Å². The molecule has 1 aliphatic rings. The van der Waals surface area contributed by atoms with E-state index in [4.69, 9.17) is 4.74 Å². The molecule has 0 aliphatic carbocycles. The molecule has 0 spiro atoms. The minimum Gasteiger partial charge on any atom is -0.466 e. The molecular weight excluding hydrogens is 358 g/mol. The molecule has 2 N–H and O–H groups in total. The molecule has 1 heterocycles. The van der Waals surface area contributed by atoms with E-state index in [0.29, 0.717) is 38.1 Å². The number of carbonyl (C=O) groups excluding carboxylic acids is 3. The number of ether oxygens (including phenoxy) is 1. The van der Waals surface area contributed by atoms with Gasteiger partial charge in [-0.15, -0.1) is 0 Å². The van der Waals surface area contributed by atoms with Gasteiger partial charge < -0.3 is 20.3 Å². The summed E-state index contributed by atoms with van der Waals surface area (Å²) in [6.07, 6.45) is 1.26. The summed E-state index contributed by atoms with van der Waals surface area (Å²) in [5.74, 6) is -0.455. The molecule has 1 aromatic rings. The van der Waals surface area contributed by atoms with Gasteiger partial charge in [0.2, 0.25) is 5.91 Å². The second-order valence-corrected chi connectivity index (χ2v) is 8.05. The van der Waals surface area contributed by atoms with Gasteiger partial charge in [0.05, 0.1) is 19.1 Å². The molecule has 154 valence electrons. The summed E-state index contributed by atoms with van der Waals surface area (Å²) in [7, 11) is 0. The van der Waals surface area contributed by atoms with Crippen LogP contribution in [0.1, 0.15) is 50.9 Å². The first-order valence-corrected chi connectivity index (χ1v) is 9.80. The van der Waals surface area contributed by atoms with E-state index in [1.807, 2.05) is 26.8 Å². The van der Waals surface area contributed by atoms with Crippen molar-refractivity contribution in [2.45, 2.75) is 46.1 Å². The summed E-state index contributed by atoms with van der Waals surface area (Å²) < 4.78 is 5.06. The predicted molar refractivity (Wildman–Crippen MR) is 108 cm³/mol. The number of benzene rings is 1. The number of hydrogen-bond donors (Lipinski definition) is 2. The first-order chi connectivity index (χ1) is 13.2. The third kappa shape index (κ3) is 6.55. The summed E-state index contributed by atoms with van der Waals surface area (Å²) in [5, 5.41) is 6.01. The van der Waals surface area contributed by atoms with Crippen LogP contribution in [0.3, 0.4) is 0 Å². The fourth-order valence-electron chi connectivity index (χ4n) is 3.10. The van der Waals surface area contributed by atoms with Crippen molar-refractivity contribution in [1.82, 2.24) is 10.2 Å². The van der Waals surface area contributed by atoms with E-state index in [2.05, 4.69) is 10.6 Å². The number of amides is 2. The number of hydrogen-bond acceptors (Lipinski definition) is 5. The Labute approximate surface area is 166 Å². The van der Waals surface area contributed by atoms with Crippen molar-refractivity contribution >= 4 is 23.5 Å². The second-order valence-electron chi connectivity index (χ2n) is 8.05. The number of piperidine rings is 1. The molecule has 7 nitrogen and oxygen atoms in total. The Morgan fingerprint density at radius 3 is 2.46 bits per heavy atom. The number of esters is 1. The van der Waals surface area contributed by atoms with Crippen LogP contribution >= 0.6 is 0 Å². The molecule has 0 atom stereocenters. The molecule has 1 fully saturated rings. The Kier molecular flexibility index (Phi) is 7.43. The van der Waals surface area contributed by atoms with E-state index < -0.39 is 0 Å². The number of carbonyl (C=O) groups is 3. The zero-order valence-electron chi connectivity index (χ0n) is 17.2. The van der Waals surface area contributed by atoms with E-state index in [1.54, 1.807) is 30.0 Å². The lowest BCUT2D eigenvalue weighted by molar-refractivity contribution is -0.151. The van der Waals surface area contributed by atoms with Crippen molar-refractivity contribution in [3.63, 3.8) is 0 Å². The van der Waals surface area contributed by atoms with E-state index in [-0.39, 0.29) is 35.8 Å². The number of nitrogens with zero attached hydrogens (tertiary/aromatic N) is 1. The maximum atomic E-state index is 12.4. The zero-order valence-corrected chi connectivity index (χ0v) is 17.2. The highest BCUT2D eigenvalue weighted by Gasteiger charge is 2.28. The van der Waals surface area contributed by atoms with Crippen LogP contribution in [0, 0.1) is 5.92 Å². The van der Waals surface area contributed by atoms with Gasteiger partial charge in [-0.2, -0.15) is 0 Å². The Morgan fingerprint density at radius 1 is 1.18 bits per heavy atom. The molecule has 1 saturated heterocycles. The van der Waals surface area contributed by atoms with Crippen LogP contribution in [0.4, 0.5) is 5.69 Å². The van der Waals surface area contributed by atoms with Crippen LogP contribution in [0.2, 0.25) is 0 Å². The summed E-state index contributed by atoms with van der Waals surface area (Å²) in [6, 6.07) is 7.10. The lowest BCUT2D eigenvalue weighted by atomic mass is 9.97. The van der Waals surface area contributed by atoms with Crippen molar-refractivity contribution < 1.29 is 19.1 Å². The maximum Gasteiger partial charge on any atom is 0.309 e. The maximum absolute atomic E-state index is 12.4. The van der Waals surface area contributed by atoms with Gasteiger partial charge in [-0.1, -0.05) is 6.07 Å². The zero-order chi connectivity index (χ0) is 20.7. The highest BCUT2D eigenvalue weighted by Crippen LogP contribution is 2.19. The summed E-state index contributed by atoms with van der Waals surface area (Å²) in [5.41, 5.74) is 0.950. The fraction of sp³-hybridized carbons (Fsp3) is 0.571. The fourth-order valence-corrected chi connectivity index (χ4v) is 3.10. The van der Waals surface area contributed by atoms with Crippen molar-refractivity contribution in [3.05, 3.63) is 29.8 Å². The summed E-state index contributed by atoms with van der Waals surface area (Å²) in [4.78, 5) is 38.3. The third-order valence-corrected chi connectivity index (χ3v) is 4.52. The van der Waals surface area contributed by atoms with Crippen LogP contribution < -0.4 is 10.6 Å². The van der Waals surface area contributed by atoms with E-state index in [1.165, 1.54) is 0 Å². The van der Waals surface area contributed by atoms with E-state index >= 15 is 0 Å². The molecule has 1 aliphatic heterocycles. The third-order valence-electron chi connectivity index (χ3n) is 4.52. The summed E-state index contributed by atoms with van der Waals surface area (Å²) >= 11 is 0. The number of anilines is 1. The number of rotatable bonds is 6. The number of likely N-dealkylation sites (tertiary alicyclic amines) is 1. The first kappa shape index (κ1) is 21.7. The Morgan fingerprint density at radius 2 is 1.86 bits per heavy atom. The lowest BCUT2D eigenvalue weighted by Crippen LogP contribution is -2.43. The molecule has 28 heavy (non-hydrogen) atoms. The van der Waals surface area contributed by atoms with Gasteiger partial charge >= 0.3 is 5.97 Å². The normalized spacial score (nSPS) is 15.1. The summed E-state index contributed by atoms with van der Waals surface area (Å²) in [6.45, 7) is 9.22. The molecule has 2 amide bonds. The standard InChI is InChI=1S/C21H31N3O4/c1-5-28-20(27)15-9-11-24(12-10-15)18(25)14-22-17-8-6-7-16(13-17)19(26)23-21(2,3)4/h6-8,13,15,22H,5,9-12,14H2,1-4H3,(H,23,26). The Bertz CT molecular complexity index is 704. The quantitative estimate of drug-likeness (QED) is 0.730. The molecule has 0 bridgehead atoms. The van der Waals surface area contributed by atoms with Crippen molar-refractivity contribution in [2.75, 3.05) is 31.6 Å². The second kappa shape index (κ2) is 9.57. The largest absolute Gasteiger partial charge is 0.466 e. The number of nitrogens with one attached hydrogen (secondary N) is 2. The average molecular weight is 389 g/mol. The van der Waals surface area contributed by atoms with Gasteiger partial charge in [-0.25, -0.2) is 0 Å². The average Bonchev–Trinajstić information content (AvgIpc) is 2.65. The smallest absolute Gasteiger partial charge is 0.309 e. The van der Waals surface area contributed by atoms with E-state index in [9.17, 15) is 14.4 Å². The highest BCUT2D eigenvalue weighted by molar-refractivity contribution is 5.95. The molecule has 0 saturated carbocycles. The SMILES string of the molecule is CCOC(=O)C1CCN(C(=O)CNc2cccc(C(=O)NC(C)(C)C)c2)CC1. The minimum atomic E-state index is -0.313. The van der Waals surface area contributed by atoms with Crippen molar-refractivity contribution in [2.24, 2.45) is 5.92 Å². The van der Waals surface area contributed by atoms with Gasteiger partial charge in [0.25, 0.3) is 5.91 Å². The predicted octanol–water partition coefficient (Wildman–Crippen LogP) is 2.43. The van der Waals surface area contributed by atoms with Crippen LogP contribution in [-0.4, -0.2) is 54.5 Å². The first-order valence-electron chi connectivity index (χ1n) is 9.80. The molecule has 0 aromatic heterocycles. The molecule has 0 radical (unpaired) electrons. The lowest BCUT2D eigenvalue weighted by Gasteiger charge is -2.31. The van der Waals surface area contributed by atoms with Gasteiger partial charge in [0.1, 0.15) is 0 Å². The Hall–Kier alpha value is -2.57.